The fourth-order valence-corrected chi connectivity index (χ4v) is 5.40. The second-order valence-corrected chi connectivity index (χ2v) is 9.10. The molecule has 0 unspecified atom stereocenters. The summed E-state index contributed by atoms with van der Waals surface area (Å²) in [6.07, 6.45) is 1.89. The summed E-state index contributed by atoms with van der Waals surface area (Å²) in [6.45, 7) is 5.80. The van der Waals surface area contributed by atoms with Crippen molar-refractivity contribution in [1.82, 2.24) is 9.21 Å². The number of hydrogen-bond acceptors (Lipinski definition) is 4. The Hall–Kier alpha value is -1.60. The lowest BCUT2D eigenvalue weighted by Crippen LogP contribution is -2.35. The van der Waals surface area contributed by atoms with E-state index in [9.17, 15) is 13.5 Å². The Balaban J connectivity index is 1.83. The van der Waals surface area contributed by atoms with E-state index in [-0.39, 0.29) is 15.7 Å². The number of benzene rings is 2. The monoisotopic (exact) mass is 408 g/mol. The average Bonchev–Trinajstić information content (AvgIpc) is 2.88. The lowest BCUT2D eigenvalue weighted by atomic mass is 10.1. The number of hydrogen-bond donors (Lipinski definition) is 1. The quantitative estimate of drug-likeness (QED) is 0.816. The van der Waals surface area contributed by atoms with Gasteiger partial charge in [0.05, 0.1) is 5.02 Å². The molecule has 0 amide bonds. The van der Waals surface area contributed by atoms with Crippen molar-refractivity contribution in [2.75, 3.05) is 32.7 Å². The van der Waals surface area contributed by atoms with Gasteiger partial charge >= 0.3 is 0 Å². The van der Waals surface area contributed by atoms with E-state index in [1.54, 1.807) is 46.8 Å². The van der Waals surface area contributed by atoms with Gasteiger partial charge in [-0.05, 0) is 61.3 Å². The lowest BCUT2D eigenvalue weighted by molar-refractivity contribution is 0.287. The van der Waals surface area contributed by atoms with E-state index in [4.69, 9.17) is 11.6 Å². The van der Waals surface area contributed by atoms with E-state index in [0.29, 0.717) is 13.1 Å². The molecule has 0 saturated carbocycles. The fourth-order valence-electron chi connectivity index (χ4n) is 3.41. The van der Waals surface area contributed by atoms with Crippen molar-refractivity contribution in [2.45, 2.75) is 24.7 Å². The average molecular weight is 409 g/mol. The molecular formula is C20H25ClN2O3S. The second kappa shape index (κ2) is 8.61. The number of halogens is 1. The Morgan fingerprint density at radius 1 is 1.00 bits per heavy atom. The molecule has 0 radical (unpaired) electrons. The highest BCUT2D eigenvalue weighted by atomic mass is 35.5. The number of rotatable bonds is 5. The van der Waals surface area contributed by atoms with Gasteiger partial charge in [0.25, 0.3) is 0 Å². The third-order valence-electron chi connectivity index (χ3n) is 4.84. The van der Waals surface area contributed by atoms with Gasteiger partial charge in [0.2, 0.25) is 10.0 Å². The highest BCUT2D eigenvalue weighted by Gasteiger charge is 2.28. The summed E-state index contributed by atoms with van der Waals surface area (Å²) in [5.41, 5.74) is 1.67. The summed E-state index contributed by atoms with van der Waals surface area (Å²) in [5, 5.41) is 9.63. The second-order valence-electron chi connectivity index (χ2n) is 6.79. The normalized spacial score (nSPS) is 17.0. The van der Waals surface area contributed by atoms with Crippen molar-refractivity contribution in [2.24, 2.45) is 0 Å². The Labute approximate surface area is 166 Å². The lowest BCUT2D eigenvalue weighted by Gasteiger charge is -2.22. The van der Waals surface area contributed by atoms with Crippen molar-refractivity contribution in [3.63, 3.8) is 0 Å². The number of phenols is 1. The van der Waals surface area contributed by atoms with E-state index in [1.165, 1.54) is 0 Å². The summed E-state index contributed by atoms with van der Waals surface area (Å²) >= 11 is 6.37. The Kier molecular flexibility index (Phi) is 6.42. The molecule has 0 aromatic heterocycles. The minimum Gasteiger partial charge on any atom is -0.508 e. The van der Waals surface area contributed by atoms with Crippen LogP contribution in [0, 0.1) is 0 Å². The van der Waals surface area contributed by atoms with Crippen molar-refractivity contribution in [1.29, 1.82) is 0 Å². The van der Waals surface area contributed by atoms with Crippen molar-refractivity contribution < 1.29 is 13.5 Å². The number of phenolic OH excluding ortho intramolecular Hbond substituents is 1. The molecule has 146 valence electrons. The van der Waals surface area contributed by atoms with Crippen molar-refractivity contribution in [3.05, 3.63) is 47.5 Å². The SMILES string of the molecule is CCCN1CCCN(S(=O)(=O)c2ccc(-c3ccc(O)cc3)cc2Cl)CC1. The number of sulfonamides is 1. The first-order chi connectivity index (χ1) is 12.9. The molecule has 3 rings (SSSR count). The van der Waals surface area contributed by atoms with E-state index in [2.05, 4.69) is 11.8 Å². The van der Waals surface area contributed by atoms with E-state index in [1.807, 2.05) is 0 Å². The first kappa shape index (κ1) is 20.1. The zero-order valence-corrected chi connectivity index (χ0v) is 17.0. The van der Waals surface area contributed by atoms with Crippen LogP contribution in [0.15, 0.2) is 47.4 Å². The molecule has 1 N–H and O–H groups in total. The molecule has 1 aliphatic rings. The van der Waals surface area contributed by atoms with Crippen LogP contribution in [0.2, 0.25) is 5.02 Å². The summed E-state index contributed by atoms with van der Waals surface area (Å²) in [6, 6.07) is 11.7. The van der Waals surface area contributed by atoms with Crippen LogP contribution in [0.1, 0.15) is 19.8 Å². The maximum atomic E-state index is 13.1. The van der Waals surface area contributed by atoms with Crippen LogP contribution in [-0.4, -0.2) is 55.5 Å². The first-order valence-corrected chi connectivity index (χ1v) is 11.0. The predicted molar refractivity (Wildman–Crippen MR) is 109 cm³/mol. The molecule has 5 nitrogen and oxygen atoms in total. The first-order valence-electron chi connectivity index (χ1n) is 9.23. The summed E-state index contributed by atoms with van der Waals surface area (Å²) in [7, 11) is -3.63. The van der Waals surface area contributed by atoms with Crippen molar-refractivity contribution >= 4 is 21.6 Å². The van der Waals surface area contributed by atoms with Crippen LogP contribution in [-0.2, 0) is 10.0 Å². The highest BCUT2D eigenvalue weighted by molar-refractivity contribution is 7.89. The summed E-state index contributed by atoms with van der Waals surface area (Å²) < 4.78 is 27.8. The molecule has 1 aliphatic heterocycles. The largest absolute Gasteiger partial charge is 0.508 e. The van der Waals surface area contributed by atoms with Crippen LogP contribution in [0.3, 0.4) is 0 Å². The van der Waals surface area contributed by atoms with Crippen molar-refractivity contribution in [3.8, 4) is 16.9 Å². The van der Waals surface area contributed by atoms with E-state index in [0.717, 1.165) is 43.6 Å². The molecule has 0 aliphatic carbocycles. The van der Waals surface area contributed by atoms with Crippen LogP contribution in [0.5, 0.6) is 5.75 Å². The smallest absolute Gasteiger partial charge is 0.244 e. The number of aromatic hydroxyl groups is 1. The standard InChI is InChI=1S/C20H25ClN2O3S/c1-2-10-22-11-3-12-23(14-13-22)27(25,26)20-9-6-17(15-19(20)21)16-4-7-18(24)8-5-16/h4-9,15,24H,2-3,10-14H2,1H3. The Morgan fingerprint density at radius 2 is 1.70 bits per heavy atom. The zero-order valence-electron chi connectivity index (χ0n) is 15.4. The van der Waals surface area contributed by atoms with Gasteiger partial charge in [-0.25, -0.2) is 8.42 Å². The fraction of sp³-hybridized carbons (Fsp3) is 0.400. The summed E-state index contributed by atoms with van der Waals surface area (Å²) in [5.74, 6) is 0.183. The molecule has 0 spiro atoms. The molecule has 0 atom stereocenters. The number of nitrogens with zero attached hydrogens (tertiary/aromatic N) is 2. The maximum Gasteiger partial charge on any atom is 0.244 e. The molecule has 2 aromatic carbocycles. The van der Waals surface area contributed by atoms with Crippen LogP contribution < -0.4 is 0 Å². The minimum atomic E-state index is -3.63. The Bertz CT molecular complexity index is 885. The van der Waals surface area contributed by atoms with Gasteiger partial charge in [0.15, 0.2) is 0 Å². The zero-order chi connectivity index (χ0) is 19.4. The molecule has 1 saturated heterocycles. The van der Waals surface area contributed by atoms with Gasteiger partial charge in [-0.2, -0.15) is 4.31 Å². The van der Waals surface area contributed by atoms with Gasteiger partial charge < -0.3 is 10.0 Å². The van der Waals surface area contributed by atoms with Gasteiger partial charge in [0.1, 0.15) is 10.6 Å². The third kappa shape index (κ3) is 4.63. The minimum absolute atomic E-state index is 0.149. The molecular weight excluding hydrogens is 384 g/mol. The molecule has 1 fully saturated rings. The Morgan fingerprint density at radius 3 is 2.37 bits per heavy atom. The molecule has 2 aromatic rings. The van der Waals surface area contributed by atoms with Crippen LogP contribution >= 0.6 is 11.6 Å². The summed E-state index contributed by atoms with van der Waals surface area (Å²) in [4.78, 5) is 2.46. The van der Waals surface area contributed by atoms with E-state index >= 15 is 0 Å². The van der Waals surface area contributed by atoms with Crippen LogP contribution in [0.25, 0.3) is 11.1 Å². The van der Waals surface area contributed by atoms with E-state index < -0.39 is 10.0 Å². The van der Waals surface area contributed by atoms with Gasteiger partial charge in [-0.15, -0.1) is 0 Å². The molecule has 7 heteroatoms. The third-order valence-corrected chi connectivity index (χ3v) is 7.22. The maximum absolute atomic E-state index is 13.1. The molecule has 0 bridgehead atoms. The molecule has 27 heavy (non-hydrogen) atoms. The highest BCUT2D eigenvalue weighted by Crippen LogP contribution is 2.31. The predicted octanol–water partition coefficient (Wildman–Crippen LogP) is 3.82. The topological polar surface area (TPSA) is 60.9 Å². The van der Waals surface area contributed by atoms with Gasteiger partial charge in [-0.3, -0.25) is 0 Å². The molecule has 1 heterocycles. The van der Waals surface area contributed by atoms with Gasteiger partial charge in [0, 0.05) is 19.6 Å². The van der Waals surface area contributed by atoms with Crippen LogP contribution in [0.4, 0.5) is 0 Å². The van der Waals surface area contributed by atoms with Gasteiger partial charge in [-0.1, -0.05) is 36.7 Å².